The fourth-order valence-electron chi connectivity index (χ4n) is 2.93. The number of anilines is 1. The Kier molecular flexibility index (Phi) is 7.03. The zero-order chi connectivity index (χ0) is 22.5. The number of carbonyl (C=O) groups is 1. The minimum atomic E-state index is -0.197. The van der Waals surface area contributed by atoms with Crippen molar-refractivity contribution in [1.29, 1.82) is 0 Å². The third-order valence-electron chi connectivity index (χ3n) is 4.49. The average Bonchev–Trinajstić information content (AvgIpc) is 3.45. The number of methoxy groups -OCH3 is 1. The summed E-state index contributed by atoms with van der Waals surface area (Å²) < 4.78 is 7.10. The van der Waals surface area contributed by atoms with Gasteiger partial charge in [0.25, 0.3) is 0 Å². The van der Waals surface area contributed by atoms with Gasteiger partial charge in [-0.3, -0.25) is 10.1 Å². The second kappa shape index (κ2) is 10.1. The van der Waals surface area contributed by atoms with Gasteiger partial charge in [-0.2, -0.15) is 0 Å². The molecule has 4 rings (SSSR count). The second-order valence-corrected chi connectivity index (χ2v) is 8.84. The molecule has 0 atom stereocenters. The smallest absolute Gasteiger partial charge is 0.236 e. The number of ether oxygens (including phenoxy) is 1. The molecule has 0 aliphatic heterocycles. The topological polar surface area (TPSA) is 94.8 Å². The van der Waals surface area contributed by atoms with Gasteiger partial charge in [0.1, 0.15) is 10.8 Å². The Labute approximate surface area is 198 Å². The lowest BCUT2D eigenvalue weighted by Crippen LogP contribution is -2.14. The maximum atomic E-state index is 12.5. The highest BCUT2D eigenvalue weighted by atomic mass is 35.5. The fraction of sp³-hybridized carbons (Fsp3) is 0.190. The van der Waals surface area contributed by atoms with Crippen LogP contribution in [0.15, 0.2) is 53.7 Å². The number of amides is 1. The van der Waals surface area contributed by atoms with E-state index in [-0.39, 0.29) is 11.7 Å². The maximum Gasteiger partial charge on any atom is 0.236 e. The van der Waals surface area contributed by atoms with Gasteiger partial charge >= 0.3 is 0 Å². The second-order valence-electron chi connectivity index (χ2n) is 6.51. The van der Waals surface area contributed by atoms with Crippen molar-refractivity contribution in [3.05, 3.63) is 53.6 Å². The maximum absolute atomic E-state index is 12.5. The van der Waals surface area contributed by atoms with Crippen molar-refractivity contribution in [3.63, 3.8) is 0 Å². The number of nitrogens with one attached hydrogen (secondary N) is 1. The molecule has 32 heavy (non-hydrogen) atoms. The van der Waals surface area contributed by atoms with Crippen LogP contribution in [0.5, 0.6) is 5.75 Å². The number of rotatable bonds is 8. The van der Waals surface area contributed by atoms with Gasteiger partial charge in [0, 0.05) is 17.7 Å². The lowest BCUT2D eigenvalue weighted by Gasteiger charge is -2.08. The van der Waals surface area contributed by atoms with Crippen LogP contribution in [0.1, 0.15) is 6.92 Å². The summed E-state index contributed by atoms with van der Waals surface area (Å²) >= 11 is 8.92. The van der Waals surface area contributed by atoms with E-state index in [2.05, 4.69) is 25.7 Å². The van der Waals surface area contributed by atoms with E-state index >= 15 is 0 Å². The highest BCUT2D eigenvalue weighted by Gasteiger charge is 2.17. The first-order chi connectivity index (χ1) is 15.6. The van der Waals surface area contributed by atoms with E-state index in [0.717, 1.165) is 16.9 Å². The lowest BCUT2D eigenvalue weighted by atomic mass is 10.2. The van der Waals surface area contributed by atoms with E-state index < -0.39 is 0 Å². The van der Waals surface area contributed by atoms with Gasteiger partial charge in [0.05, 0.1) is 17.9 Å². The molecule has 0 bridgehead atoms. The molecule has 0 saturated heterocycles. The van der Waals surface area contributed by atoms with E-state index in [4.69, 9.17) is 16.3 Å². The van der Waals surface area contributed by atoms with E-state index in [9.17, 15) is 4.79 Å². The Balaban J connectivity index is 1.39. The van der Waals surface area contributed by atoms with Crippen LogP contribution < -0.4 is 10.1 Å². The average molecular weight is 487 g/mol. The van der Waals surface area contributed by atoms with E-state index in [1.165, 1.54) is 23.1 Å². The summed E-state index contributed by atoms with van der Waals surface area (Å²) in [5, 5.41) is 21.9. The molecule has 4 aromatic rings. The zero-order valence-corrected chi connectivity index (χ0v) is 19.7. The standard InChI is InChI=1S/C21H19ClN6O2S2/c1-3-28-18(15-6-4-5-7-16(15)22)24-27-21(28)31-12-17(29)23-20-26-25-19(32-20)13-8-10-14(30-2)11-9-13/h4-11H,3,12H2,1-2H3,(H,23,26,29). The third kappa shape index (κ3) is 4.93. The SMILES string of the molecule is CCn1c(SCC(=O)Nc2nnc(-c3ccc(OC)cc3)s2)nnc1-c1ccccc1Cl. The monoisotopic (exact) mass is 486 g/mol. The van der Waals surface area contributed by atoms with Gasteiger partial charge in [-0.25, -0.2) is 0 Å². The largest absolute Gasteiger partial charge is 0.497 e. The summed E-state index contributed by atoms with van der Waals surface area (Å²) in [5.41, 5.74) is 1.71. The number of benzene rings is 2. The summed E-state index contributed by atoms with van der Waals surface area (Å²) in [6.07, 6.45) is 0. The molecule has 0 spiro atoms. The quantitative estimate of drug-likeness (QED) is 0.355. The van der Waals surface area contributed by atoms with Crippen LogP contribution in [0, 0.1) is 0 Å². The Hall–Kier alpha value is -2.95. The predicted octanol–water partition coefficient (Wildman–Crippen LogP) is 4.88. The molecule has 2 heterocycles. The summed E-state index contributed by atoms with van der Waals surface area (Å²) in [6.45, 7) is 2.65. The molecule has 2 aromatic carbocycles. The Morgan fingerprint density at radius 2 is 1.91 bits per heavy atom. The minimum Gasteiger partial charge on any atom is -0.497 e. The number of nitrogens with zero attached hydrogens (tertiary/aromatic N) is 5. The van der Waals surface area contributed by atoms with Crippen molar-refractivity contribution >= 4 is 45.7 Å². The van der Waals surface area contributed by atoms with Gasteiger partial charge in [-0.15, -0.1) is 20.4 Å². The van der Waals surface area contributed by atoms with Gasteiger partial charge in [0.15, 0.2) is 11.0 Å². The molecule has 0 saturated carbocycles. The third-order valence-corrected chi connectivity index (χ3v) is 6.67. The number of halogens is 1. The highest BCUT2D eigenvalue weighted by molar-refractivity contribution is 7.99. The summed E-state index contributed by atoms with van der Waals surface area (Å²) in [5.74, 6) is 1.41. The fourth-order valence-corrected chi connectivity index (χ4v) is 4.72. The van der Waals surface area contributed by atoms with Crippen molar-refractivity contribution in [3.8, 4) is 27.7 Å². The first-order valence-electron chi connectivity index (χ1n) is 9.67. The van der Waals surface area contributed by atoms with Crippen LogP contribution in [0.3, 0.4) is 0 Å². The van der Waals surface area contributed by atoms with Crippen LogP contribution in [-0.4, -0.2) is 43.7 Å². The Morgan fingerprint density at radius 1 is 1.12 bits per heavy atom. The van der Waals surface area contributed by atoms with Gasteiger partial charge in [0.2, 0.25) is 11.0 Å². The van der Waals surface area contributed by atoms with Crippen LogP contribution in [0.4, 0.5) is 5.13 Å². The van der Waals surface area contributed by atoms with Crippen LogP contribution in [0.25, 0.3) is 22.0 Å². The first-order valence-corrected chi connectivity index (χ1v) is 11.9. The van der Waals surface area contributed by atoms with Gasteiger partial charge in [-0.05, 0) is 43.3 Å². The minimum absolute atomic E-state index is 0.165. The first kappa shape index (κ1) is 22.3. The lowest BCUT2D eigenvalue weighted by molar-refractivity contribution is -0.113. The molecule has 0 radical (unpaired) electrons. The van der Waals surface area contributed by atoms with Gasteiger partial charge < -0.3 is 9.30 Å². The Morgan fingerprint density at radius 3 is 2.62 bits per heavy atom. The van der Waals surface area contributed by atoms with E-state index in [1.54, 1.807) is 7.11 Å². The van der Waals surface area contributed by atoms with E-state index in [1.807, 2.05) is 60.0 Å². The number of carbonyl (C=O) groups excluding carboxylic acids is 1. The normalized spacial score (nSPS) is 10.8. The van der Waals surface area contributed by atoms with Gasteiger partial charge in [-0.1, -0.05) is 46.8 Å². The van der Waals surface area contributed by atoms with Crippen molar-refractivity contribution in [2.75, 3.05) is 18.2 Å². The molecule has 8 nitrogen and oxygen atoms in total. The highest BCUT2D eigenvalue weighted by Crippen LogP contribution is 2.30. The van der Waals surface area contributed by atoms with Crippen molar-refractivity contribution < 1.29 is 9.53 Å². The molecular formula is C21H19ClN6O2S2. The number of thioether (sulfide) groups is 1. The van der Waals surface area contributed by atoms with Crippen molar-refractivity contribution in [2.45, 2.75) is 18.6 Å². The summed E-state index contributed by atoms with van der Waals surface area (Å²) in [6, 6.07) is 15.0. The number of hydrogen-bond acceptors (Lipinski definition) is 8. The molecule has 1 N–H and O–H groups in total. The van der Waals surface area contributed by atoms with Crippen LogP contribution in [0.2, 0.25) is 5.02 Å². The van der Waals surface area contributed by atoms with Crippen LogP contribution in [-0.2, 0) is 11.3 Å². The van der Waals surface area contributed by atoms with E-state index in [0.29, 0.717) is 32.7 Å². The Bertz CT molecular complexity index is 1230. The molecule has 0 aliphatic rings. The molecule has 11 heteroatoms. The molecule has 0 aliphatic carbocycles. The van der Waals surface area contributed by atoms with Crippen LogP contribution >= 0.6 is 34.7 Å². The number of hydrogen-bond donors (Lipinski definition) is 1. The molecule has 0 fully saturated rings. The predicted molar refractivity (Wildman–Crippen MR) is 127 cm³/mol. The zero-order valence-electron chi connectivity index (χ0n) is 17.3. The molecule has 1 amide bonds. The molecule has 2 aromatic heterocycles. The number of aromatic nitrogens is 5. The molecular weight excluding hydrogens is 468 g/mol. The summed E-state index contributed by atoms with van der Waals surface area (Å²) in [4.78, 5) is 12.5. The summed E-state index contributed by atoms with van der Waals surface area (Å²) in [7, 11) is 1.62. The van der Waals surface area contributed by atoms with Crippen molar-refractivity contribution in [1.82, 2.24) is 25.0 Å². The molecule has 0 unspecified atom stereocenters. The molecule has 164 valence electrons. The van der Waals surface area contributed by atoms with Crippen molar-refractivity contribution in [2.24, 2.45) is 0 Å².